The summed E-state index contributed by atoms with van der Waals surface area (Å²) < 4.78 is 0. The Morgan fingerprint density at radius 1 is 1.50 bits per heavy atom. The predicted octanol–water partition coefficient (Wildman–Crippen LogP) is 3.51. The largest absolute Gasteiger partial charge is 0.145 e. The van der Waals surface area contributed by atoms with Crippen molar-refractivity contribution in [3.05, 3.63) is 32.3 Å². The minimum Gasteiger partial charge on any atom is -0.145 e. The minimum atomic E-state index is 0.491. The first-order valence-electron chi connectivity index (χ1n) is 3.95. The molecule has 3 nitrogen and oxygen atoms in total. The number of thiophene rings is 1. The summed E-state index contributed by atoms with van der Waals surface area (Å²) in [5.41, 5.74) is 8.10. The third-order valence-corrected chi connectivity index (χ3v) is 2.63. The fourth-order valence-corrected chi connectivity index (χ4v) is 2.03. The van der Waals surface area contributed by atoms with E-state index in [0.717, 1.165) is 11.3 Å². The summed E-state index contributed by atoms with van der Waals surface area (Å²) in [4.78, 5) is 5.24. The van der Waals surface area contributed by atoms with Gasteiger partial charge >= 0.3 is 0 Å². The molecule has 0 fully saturated rings. The molecule has 0 amide bonds. The molecular weight excluding hydrogens is 170 g/mol. The molecule has 1 aromatic heterocycles. The van der Waals surface area contributed by atoms with Crippen molar-refractivity contribution >= 4 is 11.3 Å². The average molecular weight is 181 g/mol. The van der Waals surface area contributed by atoms with E-state index in [1.165, 1.54) is 11.3 Å². The lowest BCUT2D eigenvalue weighted by molar-refractivity contribution is 0.940. The summed E-state index contributed by atoms with van der Waals surface area (Å²) in [6.45, 7) is 2.65. The summed E-state index contributed by atoms with van der Waals surface area (Å²) in [5, 5.41) is 3.51. The topological polar surface area (TPSA) is 48.8 Å². The fraction of sp³-hybridized carbons (Fsp3) is 0.500. The number of nitrogens with zero attached hydrogens (tertiary/aromatic N) is 3. The maximum absolute atomic E-state index is 8.10. The molecule has 1 aromatic rings. The Hall–Kier alpha value is -0.990. The molecule has 1 rings (SSSR count). The van der Waals surface area contributed by atoms with Gasteiger partial charge in [0, 0.05) is 14.7 Å². The van der Waals surface area contributed by atoms with Gasteiger partial charge in [-0.25, -0.2) is 0 Å². The zero-order valence-corrected chi connectivity index (χ0v) is 7.84. The number of aryl methyl sites for hydroxylation is 1. The number of hydrogen-bond acceptors (Lipinski definition) is 2. The summed E-state index contributed by atoms with van der Waals surface area (Å²) >= 11 is 1.73. The molecule has 0 saturated heterocycles. The van der Waals surface area contributed by atoms with Crippen molar-refractivity contribution < 1.29 is 0 Å². The van der Waals surface area contributed by atoms with E-state index in [1.807, 2.05) is 6.07 Å². The van der Waals surface area contributed by atoms with Gasteiger partial charge in [0.1, 0.15) is 0 Å². The maximum Gasteiger partial charge on any atom is 0.0605 e. The zero-order chi connectivity index (χ0) is 8.81. The molecule has 0 radical (unpaired) electrons. The fourth-order valence-electron chi connectivity index (χ4n) is 0.989. The first-order valence-corrected chi connectivity index (χ1v) is 4.77. The molecule has 12 heavy (non-hydrogen) atoms. The lowest BCUT2D eigenvalue weighted by atomic mass is 10.3. The highest BCUT2D eigenvalue weighted by Gasteiger charge is 1.96. The SMILES string of the molecule is CCCc1ccc(CN=[N+]=[N-])s1. The van der Waals surface area contributed by atoms with Gasteiger partial charge in [-0.3, -0.25) is 0 Å². The van der Waals surface area contributed by atoms with E-state index in [2.05, 4.69) is 23.0 Å². The molecule has 0 N–H and O–H groups in total. The van der Waals surface area contributed by atoms with Crippen molar-refractivity contribution in [1.82, 2.24) is 0 Å². The van der Waals surface area contributed by atoms with Crippen LogP contribution >= 0.6 is 11.3 Å². The lowest BCUT2D eigenvalue weighted by Crippen LogP contribution is -1.72. The first-order chi connectivity index (χ1) is 5.86. The van der Waals surface area contributed by atoms with Crippen molar-refractivity contribution in [3.8, 4) is 0 Å². The Bertz CT molecular complexity index is 286. The van der Waals surface area contributed by atoms with Crippen LogP contribution in [0.2, 0.25) is 0 Å². The van der Waals surface area contributed by atoms with Gasteiger partial charge in [-0.15, -0.1) is 11.3 Å². The molecular formula is C8H11N3S. The van der Waals surface area contributed by atoms with Crippen LogP contribution in [0.4, 0.5) is 0 Å². The van der Waals surface area contributed by atoms with Gasteiger partial charge < -0.3 is 0 Å². The van der Waals surface area contributed by atoms with Crippen LogP contribution in [0.25, 0.3) is 10.4 Å². The Morgan fingerprint density at radius 3 is 2.92 bits per heavy atom. The predicted molar refractivity (Wildman–Crippen MR) is 51.2 cm³/mol. The van der Waals surface area contributed by atoms with Crippen molar-refractivity contribution in [1.29, 1.82) is 0 Å². The minimum absolute atomic E-state index is 0.491. The standard InChI is InChI=1S/C8H11N3S/c1-2-3-7-4-5-8(12-7)6-10-11-9/h4-5H,2-3,6H2,1H3. The van der Waals surface area contributed by atoms with Crippen LogP contribution in [0.15, 0.2) is 17.2 Å². The van der Waals surface area contributed by atoms with E-state index in [4.69, 9.17) is 5.53 Å². The Balaban J connectivity index is 2.57. The molecule has 4 heteroatoms. The van der Waals surface area contributed by atoms with Crippen molar-refractivity contribution in [2.75, 3.05) is 0 Å². The molecule has 0 atom stereocenters. The second-order valence-electron chi connectivity index (χ2n) is 2.51. The van der Waals surface area contributed by atoms with Gasteiger partial charge in [0.15, 0.2) is 0 Å². The highest BCUT2D eigenvalue weighted by molar-refractivity contribution is 7.11. The van der Waals surface area contributed by atoms with Crippen LogP contribution < -0.4 is 0 Å². The second kappa shape index (κ2) is 4.80. The highest BCUT2D eigenvalue weighted by atomic mass is 32.1. The van der Waals surface area contributed by atoms with E-state index in [9.17, 15) is 0 Å². The molecule has 0 bridgehead atoms. The van der Waals surface area contributed by atoms with E-state index < -0.39 is 0 Å². The molecule has 0 saturated carbocycles. The maximum atomic E-state index is 8.10. The van der Waals surface area contributed by atoms with E-state index in [1.54, 1.807) is 11.3 Å². The second-order valence-corrected chi connectivity index (χ2v) is 3.76. The van der Waals surface area contributed by atoms with Gasteiger partial charge in [0.2, 0.25) is 0 Å². The molecule has 0 spiro atoms. The van der Waals surface area contributed by atoms with Gasteiger partial charge in [-0.2, -0.15) is 0 Å². The van der Waals surface area contributed by atoms with Gasteiger partial charge in [-0.05, 0) is 24.1 Å². The highest BCUT2D eigenvalue weighted by Crippen LogP contribution is 2.18. The smallest absolute Gasteiger partial charge is 0.0605 e. The van der Waals surface area contributed by atoms with Gasteiger partial charge in [0.25, 0.3) is 0 Å². The molecule has 0 aliphatic carbocycles. The molecule has 64 valence electrons. The summed E-state index contributed by atoms with van der Waals surface area (Å²) in [6.07, 6.45) is 2.29. The Morgan fingerprint density at radius 2 is 2.25 bits per heavy atom. The van der Waals surface area contributed by atoms with Gasteiger partial charge in [0.05, 0.1) is 6.54 Å². The molecule has 1 heterocycles. The number of hydrogen-bond donors (Lipinski definition) is 0. The van der Waals surface area contributed by atoms with Crippen LogP contribution in [-0.2, 0) is 13.0 Å². The third kappa shape index (κ3) is 2.57. The van der Waals surface area contributed by atoms with Gasteiger partial charge in [-0.1, -0.05) is 18.5 Å². The van der Waals surface area contributed by atoms with E-state index in [-0.39, 0.29) is 0 Å². The monoisotopic (exact) mass is 181 g/mol. The Labute approximate surface area is 75.7 Å². The van der Waals surface area contributed by atoms with Crippen molar-refractivity contribution in [3.63, 3.8) is 0 Å². The zero-order valence-electron chi connectivity index (χ0n) is 7.03. The summed E-state index contributed by atoms with van der Waals surface area (Å²) in [7, 11) is 0. The number of rotatable bonds is 4. The molecule has 0 aromatic carbocycles. The van der Waals surface area contributed by atoms with Crippen LogP contribution in [0.1, 0.15) is 23.1 Å². The van der Waals surface area contributed by atoms with Crippen LogP contribution in [-0.4, -0.2) is 0 Å². The molecule has 0 unspecified atom stereocenters. The lowest BCUT2D eigenvalue weighted by Gasteiger charge is -1.88. The summed E-state index contributed by atoms with van der Waals surface area (Å²) in [6, 6.07) is 4.14. The Kier molecular flexibility index (Phi) is 3.64. The van der Waals surface area contributed by atoms with Crippen molar-refractivity contribution in [2.24, 2.45) is 5.11 Å². The molecule has 0 aliphatic rings. The number of azide groups is 1. The van der Waals surface area contributed by atoms with E-state index >= 15 is 0 Å². The average Bonchev–Trinajstić information content (AvgIpc) is 2.50. The quantitative estimate of drug-likeness (QED) is 0.388. The normalized spacial score (nSPS) is 9.42. The molecule has 0 aliphatic heterocycles. The first kappa shape index (κ1) is 9.10. The van der Waals surface area contributed by atoms with Crippen LogP contribution in [0.5, 0.6) is 0 Å². The summed E-state index contributed by atoms with van der Waals surface area (Å²) in [5.74, 6) is 0. The van der Waals surface area contributed by atoms with E-state index in [0.29, 0.717) is 6.54 Å². The third-order valence-electron chi connectivity index (χ3n) is 1.50. The van der Waals surface area contributed by atoms with Crippen LogP contribution in [0, 0.1) is 0 Å². The van der Waals surface area contributed by atoms with Crippen molar-refractivity contribution in [2.45, 2.75) is 26.3 Å². The van der Waals surface area contributed by atoms with Crippen LogP contribution in [0.3, 0.4) is 0 Å².